The second kappa shape index (κ2) is 5.40. The molecule has 1 aromatic carbocycles. The van der Waals surface area contributed by atoms with Crippen molar-refractivity contribution in [3.63, 3.8) is 0 Å². The number of benzene rings is 1. The molecule has 0 radical (unpaired) electrons. The summed E-state index contributed by atoms with van der Waals surface area (Å²) in [6.45, 7) is 3.77. The Morgan fingerprint density at radius 2 is 1.81 bits per heavy atom. The second-order valence-corrected chi connectivity index (χ2v) is 7.47. The molecular formula is C19H28N2. The van der Waals surface area contributed by atoms with Gasteiger partial charge in [-0.2, -0.15) is 0 Å². The van der Waals surface area contributed by atoms with Gasteiger partial charge < -0.3 is 5.32 Å². The molecule has 0 amide bonds. The minimum atomic E-state index is 0.511. The first kappa shape index (κ1) is 13.8. The third-order valence-corrected chi connectivity index (χ3v) is 5.76. The van der Waals surface area contributed by atoms with Gasteiger partial charge in [-0.1, -0.05) is 31.2 Å². The lowest BCUT2D eigenvalue weighted by molar-refractivity contribution is 0.121. The van der Waals surface area contributed by atoms with Crippen molar-refractivity contribution in [1.82, 2.24) is 10.2 Å². The predicted molar refractivity (Wildman–Crippen MR) is 87.5 cm³/mol. The molecule has 2 saturated carbocycles. The van der Waals surface area contributed by atoms with Gasteiger partial charge in [-0.05, 0) is 62.1 Å². The minimum absolute atomic E-state index is 0.511. The number of likely N-dealkylation sites (N-methyl/N-ethyl adjacent to an activating group) is 1. The summed E-state index contributed by atoms with van der Waals surface area (Å²) in [5.41, 5.74) is 3.11. The lowest BCUT2D eigenvalue weighted by Gasteiger charge is -2.43. The Balaban J connectivity index is 1.64. The van der Waals surface area contributed by atoms with Gasteiger partial charge in [-0.3, -0.25) is 4.90 Å². The topological polar surface area (TPSA) is 15.3 Å². The molecule has 2 heteroatoms. The van der Waals surface area contributed by atoms with E-state index in [2.05, 4.69) is 48.5 Å². The molecule has 3 aliphatic rings. The van der Waals surface area contributed by atoms with Crippen molar-refractivity contribution in [1.29, 1.82) is 0 Å². The number of nitrogens with one attached hydrogen (secondary N) is 1. The molecule has 3 atom stereocenters. The van der Waals surface area contributed by atoms with Crippen molar-refractivity contribution in [2.45, 2.75) is 63.1 Å². The smallest absolute Gasteiger partial charge is 0.0478 e. The number of rotatable bonds is 5. The lowest BCUT2D eigenvalue weighted by atomic mass is 9.77. The van der Waals surface area contributed by atoms with E-state index < -0.39 is 0 Å². The van der Waals surface area contributed by atoms with E-state index in [0.717, 1.165) is 12.0 Å². The van der Waals surface area contributed by atoms with Gasteiger partial charge in [-0.25, -0.2) is 0 Å². The molecule has 0 saturated heterocycles. The highest BCUT2D eigenvalue weighted by Crippen LogP contribution is 2.44. The van der Waals surface area contributed by atoms with Gasteiger partial charge in [-0.15, -0.1) is 0 Å². The van der Waals surface area contributed by atoms with E-state index >= 15 is 0 Å². The Bertz CT molecular complexity index is 504. The average Bonchev–Trinajstić information content (AvgIpc) is 3.38. The summed E-state index contributed by atoms with van der Waals surface area (Å²) in [7, 11) is 2.15. The first-order valence-electron chi connectivity index (χ1n) is 8.79. The molecule has 0 spiro atoms. The minimum Gasteiger partial charge on any atom is -0.312 e. The molecule has 2 nitrogen and oxygen atoms in total. The van der Waals surface area contributed by atoms with Gasteiger partial charge in [0.25, 0.3) is 0 Å². The third kappa shape index (κ3) is 2.64. The van der Waals surface area contributed by atoms with E-state index in [-0.39, 0.29) is 0 Å². The van der Waals surface area contributed by atoms with Crippen LogP contribution in [0.2, 0.25) is 0 Å². The summed E-state index contributed by atoms with van der Waals surface area (Å²) in [5.74, 6) is 1.69. The molecule has 0 heterocycles. The number of hydrogen-bond acceptors (Lipinski definition) is 2. The molecule has 3 unspecified atom stereocenters. The Hall–Kier alpha value is -0.860. The summed E-state index contributed by atoms with van der Waals surface area (Å²) in [6.07, 6.45) is 7.09. The van der Waals surface area contributed by atoms with Crippen LogP contribution in [-0.4, -0.2) is 30.6 Å². The molecule has 1 aromatic rings. The lowest BCUT2D eigenvalue weighted by Crippen LogP contribution is -2.48. The van der Waals surface area contributed by atoms with Crippen molar-refractivity contribution in [3.8, 4) is 0 Å². The van der Waals surface area contributed by atoms with Gasteiger partial charge in [0.15, 0.2) is 0 Å². The van der Waals surface area contributed by atoms with Crippen LogP contribution in [0.5, 0.6) is 0 Å². The summed E-state index contributed by atoms with van der Waals surface area (Å²) in [5, 5.41) is 3.65. The zero-order valence-electron chi connectivity index (χ0n) is 13.4. The summed E-state index contributed by atoms with van der Waals surface area (Å²) < 4.78 is 0. The molecule has 0 aromatic heterocycles. The van der Waals surface area contributed by atoms with E-state index in [1.165, 1.54) is 38.6 Å². The van der Waals surface area contributed by atoms with Crippen molar-refractivity contribution in [3.05, 3.63) is 35.4 Å². The van der Waals surface area contributed by atoms with Crippen molar-refractivity contribution in [2.75, 3.05) is 13.6 Å². The molecule has 0 bridgehead atoms. The van der Waals surface area contributed by atoms with Crippen LogP contribution in [0.3, 0.4) is 0 Å². The maximum atomic E-state index is 3.65. The Labute approximate surface area is 128 Å². The van der Waals surface area contributed by atoms with E-state index in [1.807, 2.05) is 0 Å². The molecule has 21 heavy (non-hydrogen) atoms. The monoisotopic (exact) mass is 284 g/mol. The van der Waals surface area contributed by atoms with Crippen molar-refractivity contribution < 1.29 is 0 Å². The normalized spacial score (nSPS) is 32.2. The van der Waals surface area contributed by atoms with E-state index in [1.54, 1.807) is 11.1 Å². The predicted octanol–water partition coefficient (Wildman–Crippen LogP) is 3.70. The highest BCUT2D eigenvalue weighted by atomic mass is 15.2. The van der Waals surface area contributed by atoms with Gasteiger partial charge in [0, 0.05) is 24.7 Å². The average molecular weight is 284 g/mol. The first-order valence-corrected chi connectivity index (χ1v) is 8.79. The van der Waals surface area contributed by atoms with Gasteiger partial charge >= 0.3 is 0 Å². The van der Waals surface area contributed by atoms with Gasteiger partial charge in [0.05, 0.1) is 0 Å². The molecule has 0 aliphatic heterocycles. The van der Waals surface area contributed by atoms with Gasteiger partial charge in [0.2, 0.25) is 0 Å². The molecule has 3 aliphatic carbocycles. The first-order chi connectivity index (χ1) is 10.3. The van der Waals surface area contributed by atoms with E-state index in [4.69, 9.17) is 0 Å². The maximum absolute atomic E-state index is 3.65. The molecule has 1 N–H and O–H groups in total. The molecule has 2 fully saturated rings. The van der Waals surface area contributed by atoms with Gasteiger partial charge in [0.1, 0.15) is 0 Å². The number of nitrogens with zero attached hydrogens (tertiary/aromatic N) is 1. The van der Waals surface area contributed by atoms with Crippen molar-refractivity contribution >= 4 is 0 Å². The fraction of sp³-hybridized carbons (Fsp3) is 0.684. The largest absolute Gasteiger partial charge is 0.312 e. The van der Waals surface area contributed by atoms with E-state index in [0.29, 0.717) is 18.0 Å². The quantitative estimate of drug-likeness (QED) is 0.887. The van der Waals surface area contributed by atoms with Crippen molar-refractivity contribution in [2.24, 2.45) is 5.92 Å². The standard InChI is InChI=1S/C19H28N2/c1-13-11-18(21(15-9-10-15)12-14-7-8-14)19(20-2)17-6-4-3-5-16(13)17/h3-6,13-15,18-20H,7-12H2,1-2H3. The number of hydrogen-bond donors (Lipinski definition) is 1. The summed E-state index contributed by atoms with van der Waals surface area (Å²) in [4.78, 5) is 2.88. The van der Waals surface area contributed by atoms with Crippen LogP contribution in [0.15, 0.2) is 24.3 Å². The Morgan fingerprint density at radius 3 is 2.43 bits per heavy atom. The highest BCUT2D eigenvalue weighted by molar-refractivity contribution is 5.37. The number of fused-ring (bicyclic) bond motifs is 1. The van der Waals surface area contributed by atoms with Crippen LogP contribution in [0, 0.1) is 5.92 Å². The van der Waals surface area contributed by atoms with Crippen LogP contribution < -0.4 is 5.32 Å². The second-order valence-electron chi connectivity index (χ2n) is 7.47. The summed E-state index contributed by atoms with van der Waals surface area (Å²) >= 11 is 0. The zero-order chi connectivity index (χ0) is 14.4. The van der Waals surface area contributed by atoms with Crippen LogP contribution in [0.1, 0.15) is 62.1 Å². The molecule has 4 rings (SSSR count). The molecular weight excluding hydrogens is 256 g/mol. The Kier molecular flexibility index (Phi) is 3.55. The zero-order valence-corrected chi connectivity index (χ0v) is 13.4. The fourth-order valence-corrected chi connectivity index (χ4v) is 4.31. The molecule has 114 valence electrons. The Morgan fingerprint density at radius 1 is 1.10 bits per heavy atom. The third-order valence-electron chi connectivity index (χ3n) is 5.76. The van der Waals surface area contributed by atoms with E-state index in [9.17, 15) is 0 Å². The summed E-state index contributed by atoms with van der Waals surface area (Å²) in [6, 6.07) is 11.2. The van der Waals surface area contributed by atoms with Crippen LogP contribution in [0.4, 0.5) is 0 Å². The maximum Gasteiger partial charge on any atom is 0.0478 e. The van der Waals surface area contributed by atoms with Crippen LogP contribution in [0.25, 0.3) is 0 Å². The SMILES string of the molecule is CNC1c2ccccc2C(C)CC1N(CC1CC1)C1CC1. The highest BCUT2D eigenvalue weighted by Gasteiger charge is 2.43. The van der Waals surface area contributed by atoms with Crippen LogP contribution >= 0.6 is 0 Å². The fourth-order valence-electron chi connectivity index (χ4n) is 4.31. The van der Waals surface area contributed by atoms with Crippen LogP contribution in [-0.2, 0) is 0 Å².